The van der Waals surface area contributed by atoms with Gasteiger partial charge in [0.1, 0.15) is 0 Å². The van der Waals surface area contributed by atoms with Crippen LogP contribution in [0.15, 0.2) is 54.7 Å². The van der Waals surface area contributed by atoms with Crippen LogP contribution in [-0.4, -0.2) is 23.0 Å². The number of rotatable bonds is 5. The summed E-state index contributed by atoms with van der Waals surface area (Å²) >= 11 is 0. The molecule has 134 valence electrons. The highest BCUT2D eigenvalue weighted by molar-refractivity contribution is 6.15. The predicted molar refractivity (Wildman–Crippen MR) is 108 cm³/mol. The molecule has 2 aromatic carbocycles. The minimum absolute atomic E-state index is 0.244. The molecule has 5 nitrogen and oxygen atoms in total. The van der Waals surface area contributed by atoms with Gasteiger partial charge < -0.3 is 15.5 Å². The topological polar surface area (TPSA) is 81.0 Å². The first kappa shape index (κ1) is 17.0. The number of amides is 1. The predicted octanol–water partition coefficient (Wildman–Crippen LogP) is 4.13. The molecule has 0 saturated heterocycles. The van der Waals surface area contributed by atoms with Crippen molar-refractivity contribution in [3.8, 4) is 0 Å². The number of fused-ring (bicyclic) bond motifs is 3. The van der Waals surface area contributed by atoms with E-state index in [1.54, 1.807) is 7.11 Å². The number of carbonyl (C=O) groups is 1. The molecule has 4 aromatic rings. The third-order valence-corrected chi connectivity index (χ3v) is 4.53. The molecule has 0 aliphatic rings. The Hall–Kier alpha value is -3.44. The van der Waals surface area contributed by atoms with Gasteiger partial charge in [-0.15, -0.1) is 0 Å². The van der Waals surface area contributed by atoms with Gasteiger partial charge in [-0.3, -0.25) is 4.79 Å². The van der Waals surface area contributed by atoms with Crippen LogP contribution in [0.4, 0.5) is 0 Å². The van der Waals surface area contributed by atoms with Gasteiger partial charge in [-0.1, -0.05) is 48.5 Å². The van der Waals surface area contributed by atoms with Crippen LogP contribution in [-0.2, 0) is 11.3 Å². The van der Waals surface area contributed by atoms with Crippen LogP contribution in [0, 0.1) is 0 Å². The fourth-order valence-corrected chi connectivity index (χ4v) is 3.29. The number of aromatic nitrogens is 2. The summed E-state index contributed by atoms with van der Waals surface area (Å²) in [6.45, 7) is 0.244. The highest BCUT2D eigenvalue weighted by Crippen LogP contribution is 2.30. The number of pyridine rings is 1. The Balaban J connectivity index is 1.86. The Morgan fingerprint density at radius 2 is 1.96 bits per heavy atom. The first-order chi connectivity index (χ1) is 13.2. The van der Waals surface area contributed by atoms with Crippen LogP contribution < -0.4 is 5.73 Å². The number of aromatic amines is 1. The Morgan fingerprint density at radius 1 is 1.15 bits per heavy atom. The van der Waals surface area contributed by atoms with Crippen LogP contribution in [0.25, 0.3) is 33.8 Å². The maximum atomic E-state index is 11.9. The Kier molecular flexibility index (Phi) is 4.44. The van der Waals surface area contributed by atoms with Gasteiger partial charge >= 0.3 is 0 Å². The van der Waals surface area contributed by atoms with Crippen molar-refractivity contribution in [3.05, 3.63) is 77.2 Å². The molecule has 2 aromatic heterocycles. The summed E-state index contributed by atoms with van der Waals surface area (Å²) in [6, 6.07) is 16.0. The number of nitrogens with one attached hydrogen (secondary N) is 1. The zero-order chi connectivity index (χ0) is 18.8. The van der Waals surface area contributed by atoms with E-state index in [0.29, 0.717) is 11.3 Å². The third kappa shape index (κ3) is 3.20. The maximum Gasteiger partial charge on any atom is 0.251 e. The molecule has 2 heterocycles. The molecular formula is C22H19N3O2. The van der Waals surface area contributed by atoms with Crippen LogP contribution in [0.5, 0.6) is 0 Å². The molecule has 27 heavy (non-hydrogen) atoms. The smallest absolute Gasteiger partial charge is 0.251 e. The zero-order valence-electron chi connectivity index (χ0n) is 14.9. The van der Waals surface area contributed by atoms with E-state index in [1.807, 2.05) is 66.9 Å². The van der Waals surface area contributed by atoms with E-state index in [0.717, 1.165) is 32.9 Å². The van der Waals surface area contributed by atoms with Gasteiger partial charge in [0.15, 0.2) is 0 Å². The van der Waals surface area contributed by atoms with Gasteiger partial charge in [-0.2, -0.15) is 0 Å². The number of primary amides is 1. The van der Waals surface area contributed by atoms with Crippen molar-refractivity contribution in [3.63, 3.8) is 0 Å². The highest BCUT2D eigenvalue weighted by Gasteiger charge is 2.18. The number of benzene rings is 2. The Labute approximate surface area is 156 Å². The molecule has 0 saturated carbocycles. The minimum Gasteiger partial charge on any atom is -0.378 e. The largest absolute Gasteiger partial charge is 0.378 e. The van der Waals surface area contributed by atoms with Crippen molar-refractivity contribution in [2.24, 2.45) is 5.73 Å². The van der Waals surface area contributed by atoms with E-state index >= 15 is 0 Å². The molecule has 0 spiro atoms. The van der Waals surface area contributed by atoms with E-state index in [4.69, 9.17) is 10.5 Å². The van der Waals surface area contributed by atoms with E-state index in [1.165, 1.54) is 0 Å². The van der Waals surface area contributed by atoms with Crippen molar-refractivity contribution >= 4 is 39.7 Å². The van der Waals surface area contributed by atoms with E-state index in [9.17, 15) is 4.79 Å². The van der Waals surface area contributed by atoms with Crippen molar-refractivity contribution in [2.45, 2.75) is 6.61 Å². The first-order valence-electron chi connectivity index (χ1n) is 8.63. The van der Waals surface area contributed by atoms with Gasteiger partial charge in [-0.25, -0.2) is 4.98 Å². The summed E-state index contributed by atoms with van der Waals surface area (Å²) in [4.78, 5) is 19.9. The van der Waals surface area contributed by atoms with Crippen LogP contribution >= 0.6 is 0 Å². The first-order valence-corrected chi connectivity index (χ1v) is 8.63. The summed E-state index contributed by atoms with van der Waals surface area (Å²) in [5.74, 6) is -0.490. The molecule has 0 radical (unpaired) electrons. The number of methoxy groups -OCH3 is 1. The Bertz CT molecular complexity index is 1160. The molecule has 3 N–H and O–H groups in total. The summed E-state index contributed by atoms with van der Waals surface area (Å²) < 4.78 is 5.18. The lowest BCUT2D eigenvalue weighted by Gasteiger charge is -2.03. The van der Waals surface area contributed by atoms with Gasteiger partial charge in [0.25, 0.3) is 5.91 Å². The summed E-state index contributed by atoms with van der Waals surface area (Å²) in [5.41, 5.74) is 9.41. The average molecular weight is 357 g/mol. The monoisotopic (exact) mass is 357 g/mol. The lowest BCUT2D eigenvalue weighted by atomic mass is 10.0. The number of ether oxygens (including phenoxy) is 1. The second-order valence-corrected chi connectivity index (χ2v) is 6.33. The molecule has 0 bridgehead atoms. The fourth-order valence-electron chi connectivity index (χ4n) is 3.29. The van der Waals surface area contributed by atoms with Crippen LogP contribution in [0.3, 0.4) is 0 Å². The number of nitrogens with zero attached hydrogens (tertiary/aromatic N) is 1. The lowest BCUT2D eigenvalue weighted by Crippen LogP contribution is -2.13. The zero-order valence-corrected chi connectivity index (χ0v) is 14.9. The normalized spacial score (nSPS) is 11.6. The van der Waals surface area contributed by atoms with Crippen molar-refractivity contribution in [1.29, 1.82) is 0 Å². The third-order valence-electron chi connectivity index (χ3n) is 4.53. The lowest BCUT2D eigenvalue weighted by molar-refractivity contribution is 0.0997. The number of hydrogen-bond acceptors (Lipinski definition) is 3. The molecule has 0 fully saturated rings. The van der Waals surface area contributed by atoms with Gasteiger partial charge in [0, 0.05) is 29.8 Å². The highest BCUT2D eigenvalue weighted by atomic mass is 16.5. The van der Waals surface area contributed by atoms with E-state index in [-0.39, 0.29) is 6.61 Å². The van der Waals surface area contributed by atoms with E-state index < -0.39 is 5.91 Å². The number of hydrogen-bond donors (Lipinski definition) is 2. The molecule has 0 unspecified atom stereocenters. The molecule has 0 aliphatic carbocycles. The summed E-state index contributed by atoms with van der Waals surface area (Å²) in [7, 11) is 1.57. The maximum absolute atomic E-state index is 11.9. The molecule has 0 aliphatic heterocycles. The van der Waals surface area contributed by atoms with Gasteiger partial charge in [0.05, 0.1) is 23.4 Å². The molecule has 0 atom stereocenters. The number of H-pyrrole nitrogens is 1. The second-order valence-electron chi connectivity index (χ2n) is 6.33. The number of nitrogens with two attached hydrogens (primary N) is 1. The van der Waals surface area contributed by atoms with Gasteiger partial charge in [0.2, 0.25) is 0 Å². The quantitative estimate of drug-likeness (QED) is 0.563. The standard InChI is InChI=1S/C22H19N3O2/c1-27-13-19-20(22(23)26)17-10-8-15-12-24-16(11-18(15)21(17)25-19)9-7-14-5-3-2-4-6-14/h2-12,24H,13H2,1H3,(H2,23,26). The SMILES string of the molecule is COCc1nc2c(ccc3c[nH]c(C=Cc4ccccc4)cc32)c1C(N)=O. The van der Waals surface area contributed by atoms with Crippen molar-refractivity contribution in [2.75, 3.05) is 7.11 Å². The van der Waals surface area contributed by atoms with Crippen molar-refractivity contribution in [1.82, 2.24) is 9.97 Å². The summed E-state index contributed by atoms with van der Waals surface area (Å²) in [5, 5.41) is 2.73. The van der Waals surface area contributed by atoms with Crippen molar-refractivity contribution < 1.29 is 9.53 Å². The average Bonchev–Trinajstić information content (AvgIpc) is 3.06. The molecule has 1 amide bonds. The van der Waals surface area contributed by atoms with E-state index in [2.05, 4.69) is 9.97 Å². The summed E-state index contributed by atoms with van der Waals surface area (Å²) in [6.07, 6.45) is 6.00. The second kappa shape index (κ2) is 7.05. The molecular weight excluding hydrogens is 338 g/mol. The van der Waals surface area contributed by atoms with Crippen LogP contribution in [0.2, 0.25) is 0 Å². The fraction of sp³-hybridized carbons (Fsp3) is 0.0909. The minimum atomic E-state index is -0.490. The Morgan fingerprint density at radius 3 is 2.70 bits per heavy atom. The van der Waals surface area contributed by atoms with Gasteiger partial charge in [-0.05, 0) is 23.1 Å². The van der Waals surface area contributed by atoms with Crippen LogP contribution in [0.1, 0.15) is 27.3 Å². The molecule has 4 rings (SSSR count). The molecule has 5 heteroatoms. The number of carbonyl (C=O) groups excluding carboxylic acids is 1.